The highest BCUT2D eigenvalue weighted by atomic mass is 32.2. The maximum Gasteiger partial charge on any atom is 0.231 e. The molecule has 0 unspecified atom stereocenters. The SMILES string of the molecule is COc1cccc([C@]2(O)CSC3=C(C#N)[C@H](c4ccc(C)cc4)CC(=O)N32)c1. The molecule has 6 heteroatoms. The second kappa shape index (κ2) is 7.01. The topological polar surface area (TPSA) is 73.6 Å². The minimum atomic E-state index is -1.49. The molecule has 0 spiro atoms. The summed E-state index contributed by atoms with van der Waals surface area (Å²) in [4.78, 5) is 14.5. The van der Waals surface area contributed by atoms with Gasteiger partial charge in [0.2, 0.25) is 5.91 Å². The van der Waals surface area contributed by atoms with Crippen LogP contribution in [0.5, 0.6) is 5.75 Å². The first-order valence-electron chi connectivity index (χ1n) is 9.01. The maximum atomic E-state index is 13.1. The third-order valence-corrected chi connectivity index (χ3v) is 6.55. The first-order chi connectivity index (χ1) is 13.5. The van der Waals surface area contributed by atoms with E-state index in [-0.39, 0.29) is 24.0 Å². The third-order valence-electron chi connectivity index (χ3n) is 5.32. The average molecular weight is 392 g/mol. The molecule has 0 radical (unpaired) electrons. The van der Waals surface area contributed by atoms with Crippen LogP contribution in [-0.4, -0.2) is 28.8 Å². The van der Waals surface area contributed by atoms with Gasteiger partial charge in [0.15, 0.2) is 5.72 Å². The first kappa shape index (κ1) is 18.6. The number of aliphatic hydroxyl groups is 1. The van der Waals surface area contributed by atoms with E-state index in [1.807, 2.05) is 31.2 Å². The molecule has 0 aromatic heterocycles. The van der Waals surface area contributed by atoms with Crippen molar-refractivity contribution in [3.63, 3.8) is 0 Å². The minimum absolute atomic E-state index is 0.155. The van der Waals surface area contributed by atoms with Crippen LogP contribution in [0.1, 0.15) is 29.0 Å². The molecular formula is C22H20N2O3S. The van der Waals surface area contributed by atoms with Crippen molar-refractivity contribution in [3.8, 4) is 11.8 Å². The van der Waals surface area contributed by atoms with E-state index in [0.29, 0.717) is 21.9 Å². The Hall–Kier alpha value is -2.75. The average Bonchev–Trinajstić information content (AvgIpc) is 3.08. The number of hydrogen-bond acceptors (Lipinski definition) is 5. The number of aryl methyl sites for hydroxylation is 1. The van der Waals surface area contributed by atoms with E-state index in [1.54, 1.807) is 31.4 Å². The van der Waals surface area contributed by atoms with E-state index < -0.39 is 5.72 Å². The number of benzene rings is 2. The van der Waals surface area contributed by atoms with Crippen molar-refractivity contribution in [2.24, 2.45) is 0 Å². The Morgan fingerprint density at radius 1 is 1.29 bits per heavy atom. The molecule has 2 aromatic carbocycles. The van der Waals surface area contributed by atoms with Gasteiger partial charge in [0, 0.05) is 17.9 Å². The summed E-state index contributed by atoms with van der Waals surface area (Å²) in [6, 6.07) is 17.3. The van der Waals surface area contributed by atoms with Gasteiger partial charge in [-0.2, -0.15) is 5.26 Å². The van der Waals surface area contributed by atoms with E-state index in [2.05, 4.69) is 6.07 Å². The predicted molar refractivity (Wildman–Crippen MR) is 107 cm³/mol. The quantitative estimate of drug-likeness (QED) is 0.863. The number of thioether (sulfide) groups is 1. The highest BCUT2D eigenvalue weighted by Gasteiger charge is 2.51. The van der Waals surface area contributed by atoms with E-state index in [1.165, 1.54) is 16.7 Å². The standard InChI is InChI=1S/C22H20N2O3S/c1-14-6-8-15(9-7-14)18-11-20(25)24-21(19(18)12-23)28-13-22(24,26)16-4-3-5-17(10-16)27-2/h3-10,18,26H,11,13H2,1-2H3/t18-,22+/m0/s1. The number of nitriles is 1. The fourth-order valence-electron chi connectivity index (χ4n) is 3.79. The molecule has 0 saturated carbocycles. The molecular weight excluding hydrogens is 372 g/mol. The van der Waals surface area contributed by atoms with Crippen LogP contribution < -0.4 is 4.74 Å². The number of fused-ring (bicyclic) bond motifs is 1. The van der Waals surface area contributed by atoms with Crippen LogP contribution in [0.2, 0.25) is 0 Å². The van der Waals surface area contributed by atoms with Crippen molar-refractivity contribution < 1.29 is 14.6 Å². The van der Waals surface area contributed by atoms with Crippen molar-refractivity contribution in [1.82, 2.24) is 4.90 Å². The Morgan fingerprint density at radius 2 is 2.04 bits per heavy atom. The fraction of sp³-hybridized carbons (Fsp3) is 0.273. The van der Waals surface area contributed by atoms with Crippen LogP contribution in [0.3, 0.4) is 0 Å². The summed E-state index contributed by atoms with van der Waals surface area (Å²) in [6.45, 7) is 2.00. The first-order valence-corrected chi connectivity index (χ1v) is 10.00. The smallest absolute Gasteiger partial charge is 0.231 e. The molecule has 2 aliphatic heterocycles. The van der Waals surface area contributed by atoms with Crippen LogP contribution in [-0.2, 0) is 10.5 Å². The lowest BCUT2D eigenvalue weighted by molar-refractivity contribution is -0.149. The molecule has 1 amide bonds. The lowest BCUT2D eigenvalue weighted by Crippen LogP contribution is -2.48. The maximum absolute atomic E-state index is 13.1. The van der Waals surface area contributed by atoms with Gasteiger partial charge in [-0.05, 0) is 24.6 Å². The van der Waals surface area contributed by atoms with E-state index in [4.69, 9.17) is 4.74 Å². The number of allylic oxidation sites excluding steroid dienone is 1. The molecule has 2 heterocycles. The van der Waals surface area contributed by atoms with E-state index in [9.17, 15) is 15.2 Å². The molecule has 2 aromatic rings. The van der Waals surface area contributed by atoms with Gasteiger partial charge in [0.1, 0.15) is 5.75 Å². The van der Waals surface area contributed by atoms with Crippen molar-refractivity contribution in [2.75, 3.05) is 12.9 Å². The van der Waals surface area contributed by atoms with Crippen LogP contribution in [0.15, 0.2) is 59.1 Å². The Balaban J connectivity index is 1.79. The molecule has 2 atom stereocenters. The largest absolute Gasteiger partial charge is 0.497 e. The molecule has 142 valence electrons. The van der Waals surface area contributed by atoms with Crippen LogP contribution >= 0.6 is 11.8 Å². The summed E-state index contributed by atoms with van der Waals surface area (Å²) >= 11 is 1.35. The second-order valence-corrected chi connectivity index (χ2v) is 8.03. The number of hydrogen-bond donors (Lipinski definition) is 1. The summed E-state index contributed by atoms with van der Waals surface area (Å²) in [5.41, 5.74) is 1.69. The van der Waals surface area contributed by atoms with Gasteiger partial charge in [0.05, 0.1) is 29.5 Å². The summed E-state index contributed by atoms with van der Waals surface area (Å²) in [7, 11) is 1.56. The lowest BCUT2D eigenvalue weighted by Gasteiger charge is -2.38. The van der Waals surface area contributed by atoms with Crippen molar-refractivity contribution in [3.05, 3.63) is 75.8 Å². The van der Waals surface area contributed by atoms with Gasteiger partial charge in [0.25, 0.3) is 0 Å². The lowest BCUT2D eigenvalue weighted by atomic mass is 9.85. The summed E-state index contributed by atoms with van der Waals surface area (Å²) in [5, 5.41) is 21.9. The highest BCUT2D eigenvalue weighted by molar-refractivity contribution is 8.03. The third kappa shape index (κ3) is 2.88. The van der Waals surface area contributed by atoms with E-state index in [0.717, 1.165) is 11.1 Å². The van der Waals surface area contributed by atoms with Gasteiger partial charge in [-0.25, -0.2) is 0 Å². The monoisotopic (exact) mass is 392 g/mol. The Morgan fingerprint density at radius 3 is 2.71 bits per heavy atom. The van der Waals surface area contributed by atoms with Crippen molar-refractivity contribution in [2.45, 2.75) is 25.0 Å². The van der Waals surface area contributed by atoms with Crippen molar-refractivity contribution in [1.29, 1.82) is 5.26 Å². The van der Waals surface area contributed by atoms with Gasteiger partial charge in [-0.1, -0.05) is 42.0 Å². The fourth-order valence-corrected chi connectivity index (χ4v) is 5.15. The molecule has 1 saturated heterocycles. The zero-order valence-corrected chi connectivity index (χ0v) is 16.5. The summed E-state index contributed by atoms with van der Waals surface area (Å²) in [6.07, 6.45) is 0.155. The Bertz CT molecular complexity index is 1010. The molecule has 2 aliphatic rings. The number of carbonyl (C=O) groups is 1. The number of rotatable bonds is 3. The normalized spacial score (nSPS) is 24.1. The zero-order chi connectivity index (χ0) is 19.9. The van der Waals surface area contributed by atoms with Crippen LogP contribution in [0.25, 0.3) is 0 Å². The molecule has 1 fully saturated rings. The molecule has 4 rings (SSSR count). The molecule has 5 nitrogen and oxygen atoms in total. The van der Waals surface area contributed by atoms with Crippen molar-refractivity contribution >= 4 is 17.7 Å². The van der Waals surface area contributed by atoms with Gasteiger partial charge >= 0.3 is 0 Å². The highest BCUT2D eigenvalue weighted by Crippen LogP contribution is 2.51. The van der Waals surface area contributed by atoms with Gasteiger partial charge < -0.3 is 9.84 Å². The summed E-state index contributed by atoms with van der Waals surface area (Å²) in [5.74, 6) is 0.405. The Labute approximate surface area is 168 Å². The Kier molecular flexibility index (Phi) is 4.66. The predicted octanol–water partition coefficient (Wildman–Crippen LogP) is 3.65. The summed E-state index contributed by atoms with van der Waals surface area (Å²) < 4.78 is 5.26. The molecule has 28 heavy (non-hydrogen) atoms. The van der Waals surface area contributed by atoms with Gasteiger partial charge in [-0.15, -0.1) is 11.8 Å². The molecule has 0 bridgehead atoms. The second-order valence-electron chi connectivity index (χ2n) is 7.06. The van der Waals surface area contributed by atoms with Crippen LogP contribution in [0, 0.1) is 18.3 Å². The van der Waals surface area contributed by atoms with Gasteiger partial charge in [-0.3, -0.25) is 9.69 Å². The zero-order valence-electron chi connectivity index (χ0n) is 15.7. The number of carbonyl (C=O) groups excluding carboxylic acids is 1. The number of amides is 1. The molecule has 0 aliphatic carbocycles. The van der Waals surface area contributed by atoms with E-state index >= 15 is 0 Å². The molecule has 1 N–H and O–H groups in total. The number of nitrogens with zero attached hydrogens (tertiary/aromatic N) is 2. The number of ether oxygens (including phenoxy) is 1. The van der Waals surface area contributed by atoms with Crippen LogP contribution in [0.4, 0.5) is 0 Å². The minimum Gasteiger partial charge on any atom is -0.497 e. The number of methoxy groups -OCH3 is 1.